The van der Waals surface area contributed by atoms with Crippen molar-refractivity contribution in [3.8, 4) is 0 Å². The van der Waals surface area contributed by atoms with Gasteiger partial charge >= 0.3 is 5.97 Å². The van der Waals surface area contributed by atoms with E-state index in [0.717, 1.165) is 30.1 Å². The minimum atomic E-state index is -0.157. The monoisotopic (exact) mass is 558 g/mol. The summed E-state index contributed by atoms with van der Waals surface area (Å²) in [5.41, 5.74) is 3.98. The number of carbonyl (C=O) groups excluding carboxylic acids is 1. The lowest BCUT2D eigenvalue weighted by Crippen LogP contribution is -2.67. The molecule has 0 spiro atoms. The van der Waals surface area contributed by atoms with Gasteiger partial charge in [0.1, 0.15) is 6.10 Å². The lowest BCUT2D eigenvalue weighted by Gasteiger charge is -2.73. The molecule has 0 radical (unpaired) electrons. The molecule has 1 aromatic carbocycles. The van der Waals surface area contributed by atoms with Gasteiger partial charge in [-0.3, -0.25) is 4.79 Å². The van der Waals surface area contributed by atoms with Gasteiger partial charge in [-0.25, -0.2) is 0 Å². The van der Waals surface area contributed by atoms with Crippen LogP contribution in [0.1, 0.15) is 126 Å². The third kappa shape index (κ3) is 4.18. The average molecular weight is 559 g/mol. The maximum atomic E-state index is 12.5. The highest BCUT2D eigenvalue weighted by Crippen LogP contribution is 2.77. The first kappa shape index (κ1) is 29.5. The number of carbonyl (C=O) groups is 1. The number of fused-ring (bicyclic) bond motifs is 7. The predicted molar refractivity (Wildman–Crippen MR) is 170 cm³/mol. The van der Waals surface area contributed by atoms with Gasteiger partial charge in [-0.05, 0) is 126 Å². The second-order valence-corrected chi connectivity index (χ2v) is 17.4. The lowest BCUT2D eigenvalue weighted by atomic mass is 9.32. The van der Waals surface area contributed by atoms with Crippen LogP contribution in [0.2, 0.25) is 0 Å². The van der Waals surface area contributed by atoms with Crippen LogP contribution in [0.3, 0.4) is 0 Å². The zero-order valence-corrected chi connectivity index (χ0v) is 27.7. The van der Waals surface area contributed by atoms with E-state index in [0.29, 0.717) is 28.1 Å². The fraction of sp³-hybridized carbons (Fsp3) is 0.769. The van der Waals surface area contributed by atoms with Gasteiger partial charge in [0, 0.05) is 12.3 Å². The molecule has 1 aromatic rings. The molecule has 5 saturated carbocycles. The molecule has 0 aliphatic heterocycles. The average Bonchev–Trinajstić information content (AvgIpc) is 3.25. The summed E-state index contributed by atoms with van der Waals surface area (Å²) in [6, 6.07) is 10.7. The van der Waals surface area contributed by atoms with Crippen LogP contribution < -0.4 is 0 Å². The van der Waals surface area contributed by atoms with Crippen LogP contribution in [-0.2, 0) is 9.53 Å². The number of ether oxygens (including phenoxy) is 1. The minimum Gasteiger partial charge on any atom is -0.457 e. The van der Waals surface area contributed by atoms with Gasteiger partial charge in [-0.1, -0.05) is 91.8 Å². The van der Waals surface area contributed by atoms with Gasteiger partial charge in [0.2, 0.25) is 0 Å². The van der Waals surface area contributed by atoms with Gasteiger partial charge in [0.05, 0.1) is 0 Å². The Morgan fingerprint density at radius 2 is 1.56 bits per heavy atom. The maximum Gasteiger partial charge on any atom is 0.303 e. The first-order chi connectivity index (χ1) is 19.2. The fourth-order valence-electron chi connectivity index (χ4n) is 13.1. The molecule has 2 heteroatoms. The van der Waals surface area contributed by atoms with Crippen molar-refractivity contribution >= 4 is 12.0 Å². The Kier molecular flexibility index (Phi) is 6.99. The molecule has 6 rings (SSSR count). The molecule has 0 aromatic heterocycles. The molecule has 0 saturated heterocycles. The van der Waals surface area contributed by atoms with Crippen LogP contribution in [-0.4, -0.2) is 12.1 Å². The summed E-state index contributed by atoms with van der Waals surface area (Å²) in [5.74, 6) is 4.56. The molecule has 0 N–H and O–H groups in total. The van der Waals surface area contributed by atoms with Crippen LogP contribution >= 0.6 is 0 Å². The number of hydrogen-bond donors (Lipinski definition) is 0. The normalized spacial score (nSPS) is 47.7. The van der Waals surface area contributed by atoms with E-state index in [1.807, 2.05) is 0 Å². The van der Waals surface area contributed by atoms with E-state index in [2.05, 4.69) is 91.8 Å². The standard InChI is InChI=1S/C39H58O2/c1-25(2)29-17-19-36(6)21-22-38(8)30(33(29)36)15-16-32-37(7)24-28(23-27-13-11-10-12-14-27)34(41-26(3)40)35(4,5)31(37)18-20-39(32,38)9/h10-14,23,25,29-34H,15-22,24H2,1-9H3/b28-23-/t29-,30?,31-,32?,33+,34?,36?,37?,38+,39?/m0/s1. The second-order valence-electron chi connectivity index (χ2n) is 17.4. The van der Waals surface area contributed by atoms with Gasteiger partial charge < -0.3 is 4.74 Å². The third-order valence-electron chi connectivity index (χ3n) is 15.0. The fourth-order valence-corrected chi connectivity index (χ4v) is 13.1. The molecule has 0 amide bonds. The van der Waals surface area contributed by atoms with Crippen molar-refractivity contribution in [3.05, 3.63) is 41.5 Å². The van der Waals surface area contributed by atoms with E-state index in [1.54, 1.807) is 6.92 Å². The van der Waals surface area contributed by atoms with E-state index < -0.39 is 0 Å². The zero-order chi connectivity index (χ0) is 29.6. The van der Waals surface area contributed by atoms with Crippen LogP contribution in [0.15, 0.2) is 35.9 Å². The molecule has 5 fully saturated rings. The first-order valence-electron chi connectivity index (χ1n) is 17.1. The van der Waals surface area contributed by atoms with Crippen molar-refractivity contribution in [2.75, 3.05) is 0 Å². The van der Waals surface area contributed by atoms with Crippen molar-refractivity contribution in [1.29, 1.82) is 0 Å². The highest BCUT2D eigenvalue weighted by Gasteiger charge is 2.71. The Hall–Kier alpha value is -1.57. The smallest absolute Gasteiger partial charge is 0.303 e. The Labute approximate surface area is 251 Å². The molecule has 6 unspecified atom stereocenters. The number of rotatable bonds is 3. The highest BCUT2D eigenvalue weighted by atomic mass is 16.5. The minimum absolute atomic E-state index is 0.0995. The summed E-state index contributed by atoms with van der Waals surface area (Å²) >= 11 is 0. The van der Waals surface area contributed by atoms with E-state index in [4.69, 9.17) is 4.74 Å². The predicted octanol–water partition coefficient (Wildman–Crippen LogP) is 10.4. The molecule has 5 aliphatic rings. The van der Waals surface area contributed by atoms with Crippen molar-refractivity contribution in [3.63, 3.8) is 0 Å². The van der Waals surface area contributed by atoms with Gasteiger partial charge in [0.15, 0.2) is 0 Å². The number of hydrogen-bond acceptors (Lipinski definition) is 2. The molecule has 10 atom stereocenters. The molecule has 0 bridgehead atoms. The maximum absolute atomic E-state index is 12.5. The summed E-state index contributed by atoms with van der Waals surface area (Å²) in [7, 11) is 0. The molecule has 41 heavy (non-hydrogen) atoms. The van der Waals surface area contributed by atoms with Crippen molar-refractivity contribution in [1.82, 2.24) is 0 Å². The van der Waals surface area contributed by atoms with Crippen molar-refractivity contribution < 1.29 is 9.53 Å². The summed E-state index contributed by atoms with van der Waals surface area (Å²) < 4.78 is 6.24. The number of esters is 1. The third-order valence-corrected chi connectivity index (χ3v) is 15.0. The van der Waals surface area contributed by atoms with Gasteiger partial charge in [-0.2, -0.15) is 0 Å². The van der Waals surface area contributed by atoms with Crippen LogP contribution in [0, 0.1) is 62.6 Å². The zero-order valence-electron chi connectivity index (χ0n) is 27.7. The van der Waals surface area contributed by atoms with Crippen molar-refractivity contribution in [2.24, 2.45) is 62.6 Å². The van der Waals surface area contributed by atoms with E-state index >= 15 is 0 Å². The Bertz CT molecular complexity index is 1200. The first-order valence-corrected chi connectivity index (χ1v) is 17.1. The number of benzene rings is 1. The van der Waals surface area contributed by atoms with Crippen LogP contribution in [0.4, 0.5) is 0 Å². The van der Waals surface area contributed by atoms with E-state index in [9.17, 15) is 4.79 Å². The quantitative estimate of drug-likeness (QED) is 0.345. The van der Waals surface area contributed by atoms with Crippen LogP contribution in [0.25, 0.3) is 6.08 Å². The van der Waals surface area contributed by atoms with E-state index in [-0.39, 0.29) is 22.9 Å². The summed E-state index contributed by atoms with van der Waals surface area (Å²) in [4.78, 5) is 12.5. The van der Waals surface area contributed by atoms with Gasteiger partial charge in [-0.15, -0.1) is 0 Å². The van der Waals surface area contributed by atoms with E-state index in [1.165, 1.54) is 62.5 Å². The Morgan fingerprint density at radius 3 is 2.22 bits per heavy atom. The second kappa shape index (κ2) is 9.72. The molecule has 5 aliphatic carbocycles. The molecule has 226 valence electrons. The molecular weight excluding hydrogens is 500 g/mol. The summed E-state index contributed by atoms with van der Waals surface area (Å²) in [6.45, 7) is 22.3. The van der Waals surface area contributed by atoms with Crippen molar-refractivity contribution in [2.45, 2.75) is 126 Å². The lowest BCUT2D eigenvalue weighted by molar-refractivity contribution is -0.242. The van der Waals surface area contributed by atoms with Gasteiger partial charge in [0.25, 0.3) is 0 Å². The van der Waals surface area contributed by atoms with Crippen LogP contribution in [0.5, 0.6) is 0 Å². The highest BCUT2D eigenvalue weighted by molar-refractivity contribution is 5.67. The SMILES string of the molecule is CC(=O)OC1/C(=C\c2ccccc2)CC2(C)C3CCC4[C@H]5[C@H](C(C)C)CCC5(C)CC[C@@]4(C)C3(C)CC[C@H]2C1(C)C. The molecule has 2 nitrogen and oxygen atoms in total. The molecular formula is C39H58O2. The summed E-state index contributed by atoms with van der Waals surface area (Å²) in [6.07, 6.45) is 14.4. The Morgan fingerprint density at radius 1 is 0.854 bits per heavy atom. The molecule has 0 heterocycles. The topological polar surface area (TPSA) is 26.3 Å². The largest absolute Gasteiger partial charge is 0.457 e. The Balaban J connectivity index is 1.41. The summed E-state index contributed by atoms with van der Waals surface area (Å²) in [5, 5.41) is 0.